The van der Waals surface area contributed by atoms with Gasteiger partial charge in [-0.3, -0.25) is 4.79 Å². The zero-order valence-electron chi connectivity index (χ0n) is 15.0. The number of carbonyl (C=O) groups is 1. The number of amides is 1. The third-order valence-electron chi connectivity index (χ3n) is 3.91. The minimum Gasteiger partial charge on any atom is -0.272 e. The summed E-state index contributed by atoms with van der Waals surface area (Å²) in [5.41, 5.74) is 6.26. The Morgan fingerprint density at radius 1 is 1.19 bits per heavy atom. The maximum atomic E-state index is 12.0. The predicted octanol–water partition coefficient (Wildman–Crippen LogP) is 4.38. The third-order valence-corrected chi connectivity index (χ3v) is 5.18. The largest absolute Gasteiger partial charge is 0.272 e. The molecule has 0 bridgehead atoms. The van der Waals surface area contributed by atoms with Gasteiger partial charge in [-0.05, 0) is 50.2 Å². The fourth-order valence-corrected chi connectivity index (χ4v) is 3.36. The summed E-state index contributed by atoms with van der Waals surface area (Å²) in [7, 11) is 0. The second-order valence-electron chi connectivity index (χ2n) is 5.87. The molecule has 0 aliphatic heterocycles. The maximum Gasteiger partial charge on any atom is 0.250 e. The number of thioether (sulfide) groups is 1. The molecular weight excluding hydrogens is 380 g/mol. The zero-order valence-corrected chi connectivity index (χ0v) is 16.6. The van der Waals surface area contributed by atoms with Crippen LogP contribution in [0.4, 0.5) is 0 Å². The lowest BCUT2D eigenvalue weighted by molar-refractivity contribution is -0.118. The number of hydrazone groups is 1. The lowest BCUT2D eigenvalue weighted by Crippen LogP contribution is -2.19. The van der Waals surface area contributed by atoms with Gasteiger partial charge in [0.1, 0.15) is 0 Å². The van der Waals surface area contributed by atoms with Crippen molar-refractivity contribution in [2.24, 2.45) is 5.10 Å². The van der Waals surface area contributed by atoms with Gasteiger partial charge in [0.2, 0.25) is 5.91 Å². The van der Waals surface area contributed by atoms with Gasteiger partial charge in [0.25, 0.3) is 0 Å². The molecular formula is C20H19ClN4OS. The van der Waals surface area contributed by atoms with Crippen molar-refractivity contribution in [2.45, 2.75) is 18.7 Å². The van der Waals surface area contributed by atoms with Gasteiger partial charge in [-0.1, -0.05) is 29.8 Å². The highest BCUT2D eigenvalue weighted by Crippen LogP contribution is 2.20. The molecule has 0 atom stereocenters. The molecule has 2 aromatic carbocycles. The van der Waals surface area contributed by atoms with Crippen molar-refractivity contribution >= 4 is 35.5 Å². The van der Waals surface area contributed by atoms with E-state index in [-0.39, 0.29) is 11.7 Å². The van der Waals surface area contributed by atoms with E-state index in [9.17, 15) is 4.79 Å². The van der Waals surface area contributed by atoms with E-state index in [4.69, 9.17) is 11.6 Å². The highest BCUT2D eigenvalue weighted by molar-refractivity contribution is 8.00. The molecule has 7 heteroatoms. The van der Waals surface area contributed by atoms with Crippen molar-refractivity contribution < 1.29 is 4.79 Å². The van der Waals surface area contributed by atoms with E-state index in [2.05, 4.69) is 15.6 Å². The average Bonchev–Trinajstić information content (AvgIpc) is 2.96. The van der Waals surface area contributed by atoms with E-state index < -0.39 is 0 Å². The van der Waals surface area contributed by atoms with Crippen molar-refractivity contribution in [2.75, 3.05) is 5.75 Å². The van der Waals surface area contributed by atoms with E-state index in [1.807, 2.05) is 61.0 Å². The van der Waals surface area contributed by atoms with Gasteiger partial charge in [0.15, 0.2) is 0 Å². The normalized spacial score (nSPS) is 11.1. The fraction of sp³-hybridized carbons (Fsp3) is 0.150. The molecule has 1 heterocycles. The summed E-state index contributed by atoms with van der Waals surface area (Å²) in [6, 6.07) is 17.3. The first-order chi connectivity index (χ1) is 13.0. The number of halogens is 1. The summed E-state index contributed by atoms with van der Waals surface area (Å²) in [4.78, 5) is 13.0. The van der Waals surface area contributed by atoms with Crippen LogP contribution in [0.25, 0.3) is 5.69 Å². The van der Waals surface area contributed by atoms with Gasteiger partial charge in [-0.25, -0.2) is 10.1 Å². The summed E-state index contributed by atoms with van der Waals surface area (Å²) in [6.07, 6.45) is 1.64. The number of hydrogen-bond acceptors (Lipinski definition) is 4. The summed E-state index contributed by atoms with van der Waals surface area (Å²) < 4.78 is 1.87. The molecule has 0 saturated carbocycles. The van der Waals surface area contributed by atoms with Gasteiger partial charge < -0.3 is 0 Å². The molecule has 0 aliphatic carbocycles. The summed E-state index contributed by atoms with van der Waals surface area (Å²) >= 11 is 7.28. The van der Waals surface area contributed by atoms with Gasteiger partial charge >= 0.3 is 0 Å². The zero-order chi connectivity index (χ0) is 19.2. The molecule has 0 saturated heterocycles. The molecule has 3 aromatic rings. The molecule has 1 aromatic heterocycles. The van der Waals surface area contributed by atoms with Crippen LogP contribution in [0, 0.1) is 13.8 Å². The van der Waals surface area contributed by atoms with Crippen molar-refractivity contribution in [3.63, 3.8) is 0 Å². The van der Waals surface area contributed by atoms with Gasteiger partial charge in [0.05, 0.1) is 29.0 Å². The van der Waals surface area contributed by atoms with Crippen LogP contribution >= 0.6 is 23.4 Å². The van der Waals surface area contributed by atoms with Crippen LogP contribution in [-0.2, 0) is 4.79 Å². The number of nitrogens with zero attached hydrogens (tertiary/aromatic N) is 3. The number of rotatable bonds is 6. The van der Waals surface area contributed by atoms with Gasteiger partial charge in [-0.2, -0.15) is 10.2 Å². The molecule has 1 N–H and O–H groups in total. The van der Waals surface area contributed by atoms with Crippen LogP contribution < -0.4 is 5.43 Å². The quantitative estimate of drug-likeness (QED) is 0.380. The maximum absolute atomic E-state index is 12.0. The van der Waals surface area contributed by atoms with E-state index in [0.717, 1.165) is 27.5 Å². The van der Waals surface area contributed by atoms with Crippen molar-refractivity contribution in [1.82, 2.24) is 15.2 Å². The predicted molar refractivity (Wildman–Crippen MR) is 111 cm³/mol. The Bertz CT molecular complexity index is 952. The molecule has 1 amide bonds. The summed E-state index contributed by atoms with van der Waals surface area (Å²) in [5.74, 6) is 0.109. The number of para-hydroxylation sites is 1. The Balaban J connectivity index is 1.60. The second-order valence-corrected chi connectivity index (χ2v) is 7.35. The first-order valence-electron chi connectivity index (χ1n) is 8.36. The number of benzene rings is 2. The third kappa shape index (κ3) is 4.99. The van der Waals surface area contributed by atoms with Crippen LogP contribution in [0.15, 0.2) is 64.6 Å². The van der Waals surface area contributed by atoms with Gasteiger partial charge in [-0.15, -0.1) is 11.8 Å². The molecule has 3 rings (SSSR count). The number of carbonyl (C=O) groups excluding carboxylic acids is 1. The van der Waals surface area contributed by atoms with Crippen LogP contribution in [0.2, 0.25) is 5.02 Å². The van der Waals surface area contributed by atoms with E-state index >= 15 is 0 Å². The Morgan fingerprint density at radius 3 is 2.59 bits per heavy atom. The van der Waals surface area contributed by atoms with Crippen LogP contribution in [0.3, 0.4) is 0 Å². The fourth-order valence-electron chi connectivity index (χ4n) is 2.54. The molecule has 27 heavy (non-hydrogen) atoms. The van der Waals surface area contributed by atoms with Crippen molar-refractivity contribution in [3.05, 3.63) is 76.6 Å². The monoisotopic (exact) mass is 398 g/mol. The topological polar surface area (TPSA) is 59.3 Å². The van der Waals surface area contributed by atoms with E-state index in [1.165, 1.54) is 11.8 Å². The van der Waals surface area contributed by atoms with Crippen LogP contribution in [0.5, 0.6) is 0 Å². The van der Waals surface area contributed by atoms with Crippen LogP contribution in [0.1, 0.15) is 17.0 Å². The molecule has 0 fully saturated rings. The summed E-state index contributed by atoms with van der Waals surface area (Å²) in [5, 5.41) is 9.32. The first kappa shape index (κ1) is 19.2. The standard InChI is InChI=1S/C20H19ClN4OS/c1-14-19(15(2)25(24-14)17-6-4-3-5-7-17)12-22-23-20(26)13-27-18-10-8-16(21)9-11-18/h3-12H,13H2,1-2H3,(H,23,26)/b22-12-. The Morgan fingerprint density at radius 2 is 1.89 bits per heavy atom. The smallest absolute Gasteiger partial charge is 0.250 e. The Labute approximate surface area is 167 Å². The number of nitrogens with one attached hydrogen (secondary N) is 1. The highest BCUT2D eigenvalue weighted by atomic mass is 35.5. The second kappa shape index (κ2) is 8.88. The van der Waals surface area contributed by atoms with Crippen molar-refractivity contribution in [3.8, 4) is 5.69 Å². The minimum atomic E-state index is -0.169. The molecule has 0 aliphatic rings. The minimum absolute atomic E-state index is 0.169. The number of aryl methyl sites for hydroxylation is 1. The van der Waals surface area contributed by atoms with Crippen molar-refractivity contribution in [1.29, 1.82) is 0 Å². The lowest BCUT2D eigenvalue weighted by atomic mass is 10.2. The van der Waals surface area contributed by atoms with E-state index in [0.29, 0.717) is 5.02 Å². The number of hydrogen-bond donors (Lipinski definition) is 1. The Kier molecular flexibility index (Phi) is 6.32. The molecule has 0 spiro atoms. The molecule has 0 unspecified atom stereocenters. The SMILES string of the molecule is Cc1nn(-c2ccccc2)c(C)c1/C=N\NC(=O)CSc1ccc(Cl)cc1. The first-order valence-corrected chi connectivity index (χ1v) is 9.73. The molecule has 0 radical (unpaired) electrons. The summed E-state index contributed by atoms with van der Waals surface area (Å²) in [6.45, 7) is 3.90. The van der Waals surface area contributed by atoms with Gasteiger partial charge in [0, 0.05) is 15.5 Å². The lowest BCUT2D eigenvalue weighted by Gasteiger charge is -2.03. The average molecular weight is 399 g/mol. The molecule has 138 valence electrons. The molecule has 5 nitrogen and oxygen atoms in total. The number of aromatic nitrogens is 2. The Hall–Kier alpha value is -2.57. The highest BCUT2D eigenvalue weighted by Gasteiger charge is 2.11. The van der Waals surface area contributed by atoms with E-state index in [1.54, 1.807) is 18.3 Å². The van der Waals surface area contributed by atoms with Crippen LogP contribution in [-0.4, -0.2) is 27.7 Å².